The number of carbonyl (C=O) groups excluding carboxylic acids is 1. The van der Waals surface area contributed by atoms with Crippen molar-refractivity contribution in [1.29, 1.82) is 5.26 Å². The Hall–Kier alpha value is -3.40. The zero-order chi connectivity index (χ0) is 17.1. The van der Waals surface area contributed by atoms with Crippen molar-refractivity contribution in [1.82, 2.24) is 0 Å². The molecule has 6 nitrogen and oxygen atoms in total. The van der Waals surface area contributed by atoms with Gasteiger partial charge in [-0.3, -0.25) is 4.79 Å². The Morgan fingerprint density at radius 2 is 2.00 bits per heavy atom. The Labute approximate surface area is 131 Å². The molecule has 0 aromatic heterocycles. The monoisotopic (exact) mass is 312 g/mol. The molecule has 0 aliphatic carbocycles. The number of carbonyl (C=O) groups is 1. The average molecular weight is 312 g/mol. The van der Waals surface area contributed by atoms with Crippen molar-refractivity contribution in [3.63, 3.8) is 0 Å². The number of aliphatic imine (C=N–C) groups is 1. The average Bonchev–Trinajstić information content (AvgIpc) is 2.48. The molecule has 2 aromatic carbocycles. The van der Waals surface area contributed by atoms with Crippen LogP contribution in [0.25, 0.3) is 11.1 Å². The number of hydrogen-bond acceptors (Lipinski definition) is 3. The summed E-state index contributed by atoms with van der Waals surface area (Å²) in [6.07, 6.45) is 0. The van der Waals surface area contributed by atoms with Crippen molar-refractivity contribution in [2.45, 2.75) is 6.92 Å². The molecule has 0 saturated carbocycles. The van der Waals surface area contributed by atoms with Crippen molar-refractivity contribution in [2.24, 2.45) is 16.5 Å². The van der Waals surface area contributed by atoms with E-state index in [9.17, 15) is 19.6 Å². The molecule has 0 saturated heterocycles. The summed E-state index contributed by atoms with van der Waals surface area (Å²) in [5.41, 5.74) is 10.7. The molecular weight excluding hydrogens is 299 g/mol. The minimum Gasteiger partial charge on any atom is -0.507 e. The fourth-order valence-electron chi connectivity index (χ4n) is 2.18. The lowest BCUT2D eigenvalue weighted by Crippen LogP contribution is -2.24. The number of nitrogens with zero attached hydrogens (tertiary/aromatic N) is 2. The van der Waals surface area contributed by atoms with Gasteiger partial charge in [-0.2, -0.15) is 10.3 Å². The number of benzene rings is 2. The molecule has 0 fully saturated rings. The van der Waals surface area contributed by atoms with Gasteiger partial charge < -0.3 is 16.6 Å². The number of guanidine groups is 1. The summed E-state index contributed by atoms with van der Waals surface area (Å²) in [6, 6.07) is 8.55. The van der Waals surface area contributed by atoms with E-state index >= 15 is 0 Å². The minimum absolute atomic E-state index is 0.00610. The number of amides is 1. The van der Waals surface area contributed by atoms with E-state index in [2.05, 4.69) is 4.99 Å². The Bertz CT molecular complexity index is 865. The molecule has 5 N–H and O–H groups in total. The fourth-order valence-corrected chi connectivity index (χ4v) is 2.18. The van der Waals surface area contributed by atoms with Gasteiger partial charge in [-0.05, 0) is 31.2 Å². The van der Waals surface area contributed by atoms with Crippen LogP contribution in [0.1, 0.15) is 21.5 Å². The van der Waals surface area contributed by atoms with Gasteiger partial charge in [0.15, 0.2) is 5.96 Å². The number of phenols is 1. The second kappa shape index (κ2) is 6.15. The highest BCUT2D eigenvalue weighted by Gasteiger charge is 2.23. The van der Waals surface area contributed by atoms with Gasteiger partial charge in [-0.1, -0.05) is 11.6 Å². The van der Waals surface area contributed by atoms with Crippen LogP contribution in [-0.4, -0.2) is 17.0 Å². The van der Waals surface area contributed by atoms with Gasteiger partial charge in [0, 0.05) is 11.1 Å². The molecule has 2 rings (SSSR count). The number of phenolic OH excluding ortho intramolecular Hbond substituents is 1. The van der Waals surface area contributed by atoms with E-state index in [4.69, 9.17) is 11.5 Å². The maximum absolute atomic E-state index is 14.2. The maximum atomic E-state index is 14.2. The molecule has 0 radical (unpaired) electrons. The van der Waals surface area contributed by atoms with Crippen molar-refractivity contribution < 1.29 is 14.3 Å². The fraction of sp³-hybridized carbons (Fsp3) is 0.0625. The highest BCUT2D eigenvalue weighted by Crippen LogP contribution is 2.35. The first-order valence-corrected chi connectivity index (χ1v) is 6.51. The zero-order valence-corrected chi connectivity index (χ0v) is 12.2. The second-order valence-electron chi connectivity index (χ2n) is 4.82. The Balaban J connectivity index is 2.88. The third-order valence-corrected chi connectivity index (χ3v) is 3.14. The van der Waals surface area contributed by atoms with Gasteiger partial charge in [-0.25, -0.2) is 4.39 Å². The summed E-state index contributed by atoms with van der Waals surface area (Å²) >= 11 is 0. The molecule has 0 bridgehead atoms. The van der Waals surface area contributed by atoms with Gasteiger partial charge in [0.2, 0.25) is 0 Å². The van der Waals surface area contributed by atoms with E-state index in [0.717, 1.165) is 6.07 Å². The SMILES string of the molecule is Cc1ccc(F)c(-c2c(C#N)ccc(O)c2C(=O)N=C(N)N)c1. The van der Waals surface area contributed by atoms with Crippen molar-refractivity contribution in [3.05, 3.63) is 52.8 Å². The van der Waals surface area contributed by atoms with Gasteiger partial charge in [0.05, 0.1) is 17.2 Å². The molecule has 0 aliphatic heterocycles. The number of nitriles is 1. The summed E-state index contributed by atoms with van der Waals surface area (Å²) in [4.78, 5) is 15.6. The normalized spacial score (nSPS) is 9.96. The summed E-state index contributed by atoms with van der Waals surface area (Å²) in [6.45, 7) is 1.73. The quantitative estimate of drug-likeness (QED) is 0.576. The first kappa shape index (κ1) is 16.0. The van der Waals surface area contributed by atoms with E-state index in [1.165, 1.54) is 18.2 Å². The lowest BCUT2D eigenvalue weighted by Gasteiger charge is -2.12. The van der Waals surface area contributed by atoms with Crippen LogP contribution < -0.4 is 11.5 Å². The van der Waals surface area contributed by atoms with E-state index in [1.54, 1.807) is 13.0 Å². The third-order valence-electron chi connectivity index (χ3n) is 3.14. The number of hydrogen-bond donors (Lipinski definition) is 3. The van der Waals surface area contributed by atoms with Crippen LogP contribution in [0, 0.1) is 24.1 Å². The molecule has 0 atom stereocenters. The summed E-state index contributed by atoms with van der Waals surface area (Å²) in [5.74, 6) is -2.56. The van der Waals surface area contributed by atoms with E-state index in [-0.39, 0.29) is 22.3 Å². The molecule has 1 amide bonds. The predicted octanol–water partition coefficient (Wildman–Crippen LogP) is 1.79. The lowest BCUT2D eigenvalue weighted by molar-refractivity contribution is 0.100. The highest BCUT2D eigenvalue weighted by molar-refractivity contribution is 6.09. The van der Waals surface area contributed by atoms with Crippen molar-refractivity contribution >= 4 is 11.9 Å². The van der Waals surface area contributed by atoms with Crippen LogP contribution in [0.3, 0.4) is 0 Å². The lowest BCUT2D eigenvalue weighted by atomic mass is 9.92. The topological polar surface area (TPSA) is 125 Å². The number of aromatic hydroxyl groups is 1. The first-order valence-electron chi connectivity index (χ1n) is 6.51. The summed E-state index contributed by atoms with van der Waals surface area (Å²) in [7, 11) is 0. The molecule has 0 unspecified atom stereocenters. The van der Waals surface area contributed by atoms with Crippen molar-refractivity contribution in [2.75, 3.05) is 0 Å². The molecule has 0 heterocycles. The number of rotatable bonds is 2. The van der Waals surface area contributed by atoms with Gasteiger partial charge in [0.1, 0.15) is 11.6 Å². The first-order chi connectivity index (χ1) is 10.8. The smallest absolute Gasteiger partial charge is 0.284 e. The molecule has 23 heavy (non-hydrogen) atoms. The largest absolute Gasteiger partial charge is 0.507 e. The Kier molecular flexibility index (Phi) is 4.27. The highest BCUT2D eigenvalue weighted by atomic mass is 19.1. The van der Waals surface area contributed by atoms with Crippen LogP contribution in [0.15, 0.2) is 35.3 Å². The molecule has 2 aromatic rings. The zero-order valence-electron chi connectivity index (χ0n) is 12.2. The Morgan fingerprint density at radius 3 is 2.61 bits per heavy atom. The number of halogens is 1. The summed E-state index contributed by atoms with van der Waals surface area (Å²) in [5, 5.41) is 19.3. The van der Waals surface area contributed by atoms with Gasteiger partial charge in [-0.15, -0.1) is 0 Å². The number of nitrogens with two attached hydrogens (primary N) is 2. The third kappa shape index (κ3) is 3.11. The van der Waals surface area contributed by atoms with E-state index < -0.39 is 23.4 Å². The van der Waals surface area contributed by atoms with E-state index in [0.29, 0.717) is 5.56 Å². The maximum Gasteiger partial charge on any atom is 0.284 e. The summed E-state index contributed by atoms with van der Waals surface area (Å²) < 4.78 is 14.2. The molecule has 7 heteroatoms. The van der Waals surface area contributed by atoms with E-state index in [1.807, 2.05) is 6.07 Å². The Morgan fingerprint density at radius 1 is 1.30 bits per heavy atom. The standard InChI is InChI=1S/C16H13FN4O2/c1-8-2-4-11(17)10(6-8)13-9(7-18)3-5-12(22)14(13)15(23)21-16(19)20/h2-6,22H,1H3,(H4,19,20,21,23). The predicted molar refractivity (Wildman–Crippen MR) is 83.1 cm³/mol. The van der Waals surface area contributed by atoms with Crippen LogP contribution in [0.4, 0.5) is 4.39 Å². The molecule has 0 aliphatic rings. The van der Waals surface area contributed by atoms with Gasteiger partial charge in [0.25, 0.3) is 5.91 Å². The minimum atomic E-state index is -0.962. The van der Waals surface area contributed by atoms with Crippen LogP contribution in [0.5, 0.6) is 5.75 Å². The molecular formula is C16H13FN4O2. The molecule has 0 spiro atoms. The van der Waals surface area contributed by atoms with Crippen LogP contribution >= 0.6 is 0 Å². The van der Waals surface area contributed by atoms with Crippen LogP contribution in [-0.2, 0) is 0 Å². The second-order valence-corrected chi connectivity index (χ2v) is 4.82. The molecule has 116 valence electrons. The van der Waals surface area contributed by atoms with Crippen LogP contribution in [0.2, 0.25) is 0 Å². The number of aryl methyl sites for hydroxylation is 1. The van der Waals surface area contributed by atoms with Gasteiger partial charge >= 0.3 is 0 Å². The van der Waals surface area contributed by atoms with Crippen molar-refractivity contribution in [3.8, 4) is 22.9 Å².